The maximum atomic E-state index is 12.2. The fraction of sp³-hybridized carbons (Fsp3) is 0.467. The lowest BCUT2D eigenvalue weighted by Crippen LogP contribution is -2.37. The van der Waals surface area contributed by atoms with Crippen molar-refractivity contribution >= 4 is 28.6 Å². The average molecular weight is 306 g/mol. The van der Waals surface area contributed by atoms with Crippen molar-refractivity contribution in [1.82, 2.24) is 10.3 Å². The van der Waals surface area contributed by atoms with Gasteiger partial charge in [-0.05, 0) is 43.0 Å². The van der Waals surface area contributed by atoms with Crippen LogP contribution in [-0.2, 0) is 0 Å². The molecule has 0 aliphatic heterocycles. The molecule has 3 rings (SSSR count). The molecule has 1 aliphatic carbocycles. The van der Waals surface area contributed by atoms with Crippen LogP contribution in [0.1, 0.15) is 43.1 Å². The smallest absolute Gasteiger partial charge is 0.270 e. The van der Waals surface area contributed by atoms with Gasteiger partial charge in [0.25, 0.3) is 5.91 Å². The molecular weight excluding hydrogens is 288 g/mol. The highest BCUT2D eigenvalue weighted by atomic mass is 32.1. The molecule has 3 nitrogen and oxygen atoms in total. The molecule has 0 atom stereocenters. The summed E-state index contributed by atoms with van der Waals surface area (Å²) in [6.45, 7) is 2.28. The van der Waals surface area contributed by atoms with Gasteiger partial charge in [-0.3, -0.25) is 4.79 Å². The van der Waals surface area contributed by atoms with E-state index in [1.807, 2.05) is 16.8 Å². The van der Waals surface area contributed by atoms with Crippen LogP contribution in [-0.4, -0.2) is 16.9 Å². The van der Waals surface area contributed by atoms with Crippen molar-refractivity contribution in [2.24, 2.45) is 5.92 Å². The van der Waals surface area contributed by atoms with Gasteiger partial charge < -0.3 is 5.32 Å². The summed E-state index contributed by atoms with van der Waals surface area (Å²) in [5.74, 6) is 0.773. The van der Waals surface area contributed by atoms with Crippen LogP contribution >= 0.6 is 22.7 Å². The summed E-state index contributed by atoms with van der Waals surface area (Å²) in [5.41, 5.74) is 1.65. The summed E-state index contributed by atoms with van der Waals surface area (Å²) >= 11 is 3.18. The zero-order valence-corrected chi connectivity index (χ0v) is 13.1. The monoisotopic (exact) mass is 306 g/mol. The molecule has 0 aromatic carbocycles. The number of hydrogen-bond acceptors (Lipinski definition) is 4. The summed E-state index contributed by atoms with van der Waals surface area (Å²) in [6, 6.07) is 2.36. The number of carbonyl (C=O) groups is 1. The van der Waals surface area contributed by atoms with E-state index in [2.05, 4.69) is 22.6 Å². The Morgan fingerprint density at radius 1 is 1.30 bits per heavy atom. The van der Waals surface area contributed by atoms with Crippen LogP contribution in [0.15, 0.2) is 22.2 Å². The normalized spacial score (nSPS) is 22.6. The summed E-state index contributed by atoms with van der Waals surface area (Å²) in [4.78, 5) is 16.7. The Morgan fingerprint density at radius 2 is 2.10 bits per heavy atom. The number of rotatable bonds is 3. The second kappa shape index (κ2) is 6.06. The topological polar surface area (TPSA) is 42.0 Å². The average Bonchev–Trinajstić information content (AvgIpc) is 3.11. The van der Waals surface area contributed by atoms with Crippen LogP contribution < -0.4 is 5.32 Å². The Hall–Kier alpha value is -1.20. The van der Waals surface area contributed by atoms with E-state index in [-0.39, 0.29) is 5.91 Å². The Labute approximate surface area is 127 Å². The van der Waals surface area contributed by atoms with Gasteiger partial charge in [0, 0.05) is 22.4 Å². The second-order valence-electron chi connectivity index (χ2n) is 5.48. The number of hydrogen-bond donors (Lipinski definition) is 1. The second-order valence-corrected chi connectivity index (χ2v) is 7.12. The van der Waals surface area contributed by atoms with Gasteiger partial charge in [-0.25, -0.2) is 4.98 Å². The molecule has 0 bridgehead atoms. The molecule has 2 aromatic heterocycles. The minimum absolute atomic E-state index is 0.0257. The van der Waals surface area contributed by atoms with E-state index >= 15 is 0 Å². The van der Waals surface area contributed by atoms with Crippen molar-refractivity contribution < 1.29 is 4.79 Å². The molecule has 0 unspecified atom stereocenters. The SMILES string of the molecule is CC1CCC(NC(=O)c2csc(-c3ccsc3)n2)CC1. The minimum atomic E-state index is -0.0257. The fourth-order valence-electron chi connectivity index (χ4n) is 2.56. The van der Waals surface area contributed by atoms with Crippen LogP contribution in [0.25, 0.3) is 10.6 Å². The Bertz CT molecular complexity index is 568. The third-order valence-corrected chi connectivity index (χ3v) is 5.43. The van der Waals surface area contributed by atoms with Gasteiger partial charge >= 0.3 is 0 Å². The fourth-order valence-corrected chi connectivity index (χ4v) is 4.07. The van der Waals surface area contributed by atoms with Gasteiger partial charge in [-0.1, -0.05) is 6.92 Å². The highest BCUT2D eigenvalue weighted by Crippen LogP contribution is 2.26. The van der Waals surface area contributed by atoms with Gasteiger partial charge in [0.2, 0.25) is 0 Å². The number of amides is 1. The molecule has 2 heterocycles. The lowest BCUT2D eigenvalue weighted by atomic mass is 9.87. The largest absolute Gasteiger partial charge is 0.348 e. The Morgan fingerprint density at radius 3 is 2.80 bits per heavy atom. The van der Waals surface area contributed by atoms with Crippen molar-refractivity contribution in [3.63, 3.8) is 0 Å². The van der Waals surface area contributed by atoms with E-state index in [0.29, 0.717) is 11.7 Å². The van der Waals surface area contributed by atoms with E-state index in [1.165, 1.54) is 24.2 Å². The zero-order valence-electron chi connectivity index (χ0n) is 11.5. The maximum Gasteiger partial charge on any atom is 0.270 e. The van der Waals surface area contributed by atoms with Gasteiger partial charge in [0.1, 0.15) is 10.7 Å². The molecule has 1 saturated carbocycles. The first-order chi connectivity index (χ1) is 9.72. The quantitative estimate of drug-likeness (QED) is 0.924. The van der Waals surface area contributed by atoms with Gasteiger partial charge in [0.15, 0.2) is 0 Å². The van der Waals surface area contributed by atoms with Gasteiger partial charge in [-0.15, -0.1) is 11.3 Å². The highest BCUT2D eigenvalue weighted by molar-refractivity contribution is 7.14. The maximum absolute atomic E-state index is 12.2. The summed E-state index contributed by atoms with van der Waals surface area (Å²) in [5, 5.41) is 9.99. The van der Waals surface area contributed by atoms with Crippen LogP contribution in [0.2, 0.25) is 0 Å². The number of nitrogens with zero attached hydrogens (tertiary/aromatic N) is 1. The highest BCUT2D eigenvalue weighted by Gasteiger charge is 2.21. The molecular formula is C15H18N2OS2. The lowest BCUT2D eigenvalue weighted by Gasteiger charge is -2.26. The number of nitrogens with one attached hydrogen (secondary N) is 1. The summed E-state index contributed by atoms with van der Waals surface area (Å²) < 4.78 is 0. The van der Waals surface area contributed by atoms with E-state index in [4.69, 9.17) is 0 Å². The molecule has 0 radical (unpaired) electrons. The molecule has 1 N–H and O–H groups in total. The molecule has 106 valence electrons. The molecule has 2 aromatic rings. The van der Waals surface area contributed by atoms with Crippen LogP contribution in [0.4, 0.5) is 0 Å². The van der Waals surface area contributed by atoms with Crippen molar-refractivity contribution in [1.29, 1.82) is 0 Å². The number of thiophene rings is 1. The number of aromatic nitrogens is 1. The first-order valence-electron chi connectivity index (χ1n) is 7.01. The molecule has 5 heteroatoms. The van der Waals surface area contributed by atoms with E-state index in [1.54, 1.807) is 11.3 Å². The van der Waals surface area contributed by atoms with Gasteiger partial charge in [-0.2, -0.15) is 11.3 Å². The van der Waals surface area contributed by atoms with Crippen LogP contribution in [0, 0.1) is 5.92 Å². The first-order valence-corrected chi connectivity index (χ1v) is 8.83. The van der Waals surface area contributed by atoms with E-state index in [9.17, 15) is 4.79 Å². The minimum Gasteiger partial charge on any atom is -0.348 e. The molecule has 1 amide bonds. The Kier molecular flexibility index (Phi) is 4.17. The molecule has 0 saturated heterocycles. The zero-order chi connectivity index (χ0) is 13.9. The van der Waals surface area contributed by atoms with E-state index in [0.717, 1.165) is 29.3 Å². The molecule has 1 aliphatic rings. The summed E-state index contributed by atoms with van der Waals surface area (Å²) in [7, 11) is 0. The van der Waals surface area contributed by atoms with Crippen molar-refractivity contribution in [3.8, 4) is 10.6 Å². The van der Waals surface area contributed by atoms with Crippen molar-refractivity contribution in [3.05, 3.63) is 27.9 Å². The van der Waals surface area contributed by atoms with Crippen molar-refractivity contribution in [2.75, 3.05) is 0 Å². The van der Waals surface area contributed by atoms with Crippen molar-refractivity contribution in [2.45, 2.75) is 38.6 Å². The molecule has 0 spiro atoms. The third kappa shape index (κ3) is 3.10. The summed E-state index contributed by atoms with van der Waals surface area (Å²) in [6.07, 6.45) is 4.60. The number of carbonyl (C=O) groups excluding carboxylic acids is 1. The lowest BCUT2D eigenvalue weighted by molar-refractivity contribution is 0.0918. The molecule has 20 heavy (non-hydrogen) atoms. The standard InChI is InChI=1S/C15H18N2OS2/c1-10-2-4-12(5-3-10)16-14(18)13-9-20-15(17-13)11-6-7-19-8-11/h6-10,12H,2-5H2,1H3,(H,16,18). The third-order valence-electron chi connectivity index (χ3n) is 3.86. The van der Waals surface area contributed by atoms with E-state index < -0.39 is 0 Å². The predicted molar refractivity (Wildman–Crippen MR) is 84.3 cm³/mol. The molecule has 1 fully saturated rings. The number of thiazole rings is 1. The first kappa shape index (κ1) is 13.8. The predicted octanol–water partition coefficient (Wildman–Crippen LogP) is 4.18. The van der Waals surface area contributed by atoms with Gasteiger partial charge in [0.05, 0.1) is 0 Å². The van der Waals surface area contributed by atoms with Crippen LogP contribution in [0.5, 0.6) is 0 Å². The van der Waals surface area contributed by atoms with Crippen LogP contribution in [0.3, 0.4) is 0 Å². The Balaban J connectivity index is 1.63.